The molecule has 2 N–H and O–H groups in total. The van der Waals surface area contributed by atoms with E-state index in [1.165, 1.54) is 0 Å². The Morgan fingerprint density at radius 1 is 1.78 bits per heavy atom. The molecule has 0 spiro atoms. The Kier molecular flexibility index (Phi) is 2.11. The normalized spacial score (nSPS) is 34.8. The van der Waals surface area contributed by atoms with Gasteiger partial charge >= 0.3 is 61.0 Å². The molecule has 1 aliphatic rings. The number of nitrogens with one attached hydrogen (secondary N) is 1. The molecule has 0 aromatic heterocycles. The van der Waals surface area contributed by atoms with Gasteiger partial charge in [-0.05, 0) is 0 Å². The van der Waals surface area contributed by atoms with Crippen molar-refractivity contribution in [2.24, 2.45) is 0 Å². The molecular formula is C5H9NO2Se. The fourth-order valence-electron chi connectivity index (χ4n) is 0.905. The number of hydrogen-bond acceptors (Lipinski definition) is 2. The van der Waals surface area contributed by atoms with E-state index in [2.05, 4.69) is 21.3 Å². The van der Waals surface area contributed by atoms with Gasteiger partial charge in [0.1, 0.15) is 0 Å². The summed E-state index contributed by atoms with van der Waals surface area (Å²) in [6.45, 7) is 0.816. The zero-order valence-corrected chi connectivity index (χ0v) is 6.75. The van der Waals surface area contributed by atoms with E-state index in [9.17, 15) is 4.79 Å². The molecule has 9 heavy (non-hydrogen) atoms. The summed E-state index contributed by atoms with van der Waals surface area (Å²) in [6.07, 6.45) is 0.745. The number of rotatable bonds is 1. The van der Waals surface area contributed by atoms with Crippen molar-refractivity contribution in [3.05, 3.63) is 0 Å². The maximum atomic E-state index is 10.3. The zero-order valence-electron chi connectivity index (χ0n) is 4.87. The minimum atomic E-state index is -0.733. The molecule has 0 saturated carbocycles. The molecule has 52 valence electrons. The Morgan fingerprint density at radius 3 is 2.67 bits per heavy atom. The van der Waals surface area contributed by atoms with Gasteiger partial charge in [0, 0.05) is 0 Å². The molecule has 1 fully saturated rings. The summed E-state index contributed by atoms with van der Waals surface area (Å²) in [6, 6.07) is -0.307. The molecule has 0 bridgehead atoms. The van der Waals surface area contributed by atoms with Crippen LogP contribution in [0.1, 0.15) is 6.42 Å². The molecule has 1 aliphatic heterocycles. The van der Waals surface area contributed by atoms with Crippen molar-refractivity contribution in [2.75, 3.05) is 6.54 Å². The summed E-state index contributed by atoms with van der Waals surface area (Å²) in [5.41, 5.74) is 0. The molecule has 2 atom stereocenters. The second-order valence-corrected chi connectivity index (χ2v) is 3.72. The summed E-state index contributed by atoms with van der Waals surface area (Å²) in [5, 5.41) is 11.4. The second kappa shape index (κ2) is 2.69. The van der Waals surface area contributed by atoms with Gasteiger partial charge in [-0.2, -0.15) is 0 Å². The third-order valence-electron chi connectivity index (χ3n) is 1.41. The predicted molar refractivity (Wildman–Crippen MR) is 34.9 cm³/mol. The Labute approximate surface area is 61.6 Å². The van der Waals surface area contributed by atoms with Crippen LogP contribution in [0.25, 0.3) is 0 Å². The van der Waals surface area contributed by atoms with Crippen molar-refractivity contribution >= 4 is 22.0 Å². The third-order valence-corrected chi connectivity index (χ3v) is 2.23. The molecule has 1 rings (SSSR count). The van der Waals surface area contributed by atoms with Crippen molar-refractivity contribution in [3.63, 3.8) is 0 Å². The van der Waals surface area contributed by atoms with E-state index in [1.807, 2.05) is 0 Å². The van der Waals surface area contributed by atoms with Crippen LogP contribution in [0.5, 0.6) is 0 Å². The van der Waals surface area contributed by atoms with Gasteiger partial charge in [-0.3, -0.25) is 0 Å². The number of carboxylic acid groups (broad SMARTS) is 1. The monoisotopic (exact) mass is 195 g/mol. The molecule has 1 saturated heterocycles. The van der Waals surface area contributed by atoms with Crippen LogP contribution in [-0.2, 0) is 4.79 Å². The molecule has 0 amide bonds. The molecule has 3 nitrogen and oxygen atoms in total. The number of carbonyl (C=O) groups is 1. The van der Waals surface area contributed by atoms with Crippen LogP contribution in [0, 0.1) is 0 Å². The zero-order chi connectivity index (χ0) is 6.85. The first kappa shape index (κ1) is 7.06. The van der Waals surface area contributed by atoms with Crippen LogP contribution in [-0.4, -0.2) is 39.7 Å². The van der Waals surface area contributed by atoms with E-state index < -0.39 is 5.97 Å². The SMILES string of the molecule is O=C(O)[C@@H]1CC([SeH])CN1. The van der Waals surface area contributed by atoms with Crippen LogP contribution < -0.4 is 5.32 Å². The molecule has 0 aromatic rings. The van der Waals surface area contributed by atoms with Gasteiger partial charge in [0.05, 0.1) is 0 Å². The molecule has 4 heteroatoms. The Bertz CT molecular complexity index is 128. The first-order valence-corrected chi connectivity index (χ1v) is 3.93. The van der Waals surface area contributed by atoms with Crippen molar-refractivity contribution in [2.45, 2.75) is 17.3 Å². The molecular weight excluding hydrogens is 185 g/mol. The van der Waals surface area contributed by atoms with Crippen LogP contribution in [0.4, 0.5) is 0 Å². The van der Waals surface area contributed by atoms with E-state index in [4.69, 9.17) is 5.11 Å². The minimum absolute atomic E-state index is 0.307. The van der Waals surface area contributed by atoms with Crippen LogP contribution in [0.3, 0.4) is 0 Å². The summed E-state index contributed by atoms with van der Waals surface area (Å²) in [4.78, 5) is 10.7. The average molecular weight is 194 g/mol. The van der Waals surface area contributed by atoms with E-state index >= 15 is 0 Å². The molecule has 0 aliphatic carbocycles. The Hall–Kier alpha value is -0.0505. The van der Waals surface area contributed by atoms with Gasteiger partial charge in [0.25, 0.3) is 0 Å². The van der Waals surface area contributed by atoms with Crippen molar-refractivity contribution < 1.29 is 9.90 Å². The second-order valence-electron chi connectivity index (χ2n) is 2.19. The quantitative estimate of drug-likeness (QED) is 0.533. The number of hydrogen-bond donors (Lipinski definition) is 2. The maximum absolute atomic E-state index is 10.3. The van der Waals surface area contributed by atoms with Gasteiger partial charge in [0.2, 0.25) is 0 Å². The summed E-state index contributed by atoms with van der Waals surface area (Å²) >= 11 is 2.47. The van der Waals surface area contributed by atoms with Gasteiger partial charge in [-0.25, -0.2) is 0 Å². The van der Waals surface area contributed by atoms with Gasteiger partial charge in [-0.1, -0.05) is 0 Å². The fourth-order valence-corrected chi connectivity index (χ4v) is 1.57. The Morgan fingerprint density at radius 2 is 2.44 bits per heavy atom. The van der Waals surface area contributed by atoms with Gasteiger partial charge in [-0.15, -0.1) is 0 Å². The van der Waals surface area contributed by atoms with E-state index in [0.29, 0.717) is 4.82 Å². The Balaban J connectivity index is 2.39. The average Bonchev–Trinajstić information content (AvgIpc) is 2.14. The van der Waals surface area contributed by atoms with Crippen molar-refractivity contribution in [1.82, 2.24) is 5.32 Å². The van der Waals surface area contributed by atoms with Crippen LogP contribution in [0.15, 0.2) is 0 Å². The number of aliphatic carboxylic acids is 1. The topological polar surface area (TPSA) is 49.3 Å². The fraction of sp³-hybridized carbons (Fsp3) is 0.800. The number of carboxylic acids is 1. The van der Waals surface area contributed by atoms with E-state index in [-0.39, 0.29) is 6.04 Å². The first-order chi connectivity index (χ1) is 4.20. The van der Waals surface area contributed by atoms with Crippen molar-refractivity contribution in [1.29, 1.82) is 0 Å². The van der Waals surface area contributed by atoms with Crippen molar-refractivity contribution in [3.8, 4) is 0 Å². The molecule has 1 heterocycles. The van der Waals surface area contributed by atoms with Gasteiger partial charge in [0.15, 0.2) is 0 Å². The third kappa shape index (κ3) is 1.68. The summed E-state index contributed by atoms with van der Waals surface area (Å²) in [7, 11) is 0. The molecule has 0 radical (unpaired) electrons. The molecule has 0 aromatic carbocycles. The van der Waals surface area contributed by atoms with Crippen LogP contribution >= 0.6 is 0 Å². The van der Waals surface area contributed by atoms with Gasteiger partial charge < -0.3 is 0 Å². The van der Waals surface area contributed by atoms with E-state index in [0.717, 1.165) is 13.0 Å². The standard InChI is InChI=1S/C5H9NO2Se/c7-5(8)4-1-3(9)2-6-4/h3-4,6,9H,1-2H2,(H,7,8)/t3?,4-/m0/s1. The van der Waals surface area contributed by atoms with E-state index in [1.54, 1.807) is 0 Å². The summed E-state index contributed by atoms with van der Waals surface area (Å²) in [5.74, 6) is -0.733. The predicted octanol–water partition coefficient (Wildman–Crippen LogP) is -0.878. The summed E-state index contributed by atoms with van der Waals surface area (Å²) < 4.78 is 0. The molecule has 1 unspecified atom stereocenters. The first-order valence-electron chi connectivity index (χ1n) is 2.84. The van der Waals surface area contributed by atoms with Crippen LogP contribution in [0.2, 0.25) is 4.82 Å².